The largest absolute Gasteiger partial charge is 0.497 e. The molecule has 6 nitrogen and oxygen atoms in total. The average molecular weight is 383 g/mol. The van der Waals surface area contributed by atoms with Gasteiger partial charge in [-0.3, -0.25) is 4.79 Å². The summed E-state index contributed by atoms with van der Waals surface area (Å²) < 4.78 is 7.21. The Labute approximate surface area is 158 Å². The summed E-state index contributed by atoms with van der Waals surface area (Å²) in [4.78, 5) is 20.1. The van der Waals surface area contributed by atoms with Crippen molar-refractivity contribution in [1.29, 1.82) is 0 Å². The fourth-order valence-electron chi connectivity index (χ4n) is 2.85. The number of hydrogen-bond acceptors (Lipinski definition) is 5. The van der Waals surface area contributed by atoms with Gasteiger partial charge < -0.3 is 19.5 Å². The first-order valence-electron chi connectivity index (χ1n) is 7.93. The van der Waals surface area contributed by atoms with Crippen molar-refractivity contribution in [3.05, 3.63) is 42.5 Å². The molecule has 0 radical (unpaired) electrons. The second kappa shape index (κ2) is 9.12. The molecular formula is C17H23ClN4O2S. The van der Waals surface area contributed by atoms with Crippen LogP contribution in [0.3, 0.4) is 0 Å². The van der Waals surface area contributed by atoms with Crippen molar-refractivity contribution in [3.63, 3.8) is 0 Å². The van der Waals surface area contributed by atoms with Crippen LogP contribution < -0.4 is 10.1 Å². The molecule has 1 aromatic heterocycles. The van der Waals surface area contributed by atoms with E-state index in [9.17, 15) is 4.79 Å². The number of benzene rings is 1. The third-order valence-electron chi connectivity index (χ3n) is 4.12. The molecule has 1 aliphatic rings. The van der Waals surface area contributed by atoms with Crippen LogP contribution in [0.15, 0.2) is 41.6 Å². The van der Waals surface area contributed by atoms with Crippen molar-refractivity contribution in [2.45, 2.75) is 10.9 Å². The monoisotopic (exact) mass is 382 g/mol. The van der Waals surface area contributed by atoms with Gasteiger partial charge in [-0.05, 0) is 18.2 Å². The summed E-state index contributed by atoms with van der Waals surface area (Å²) in [5.74, 6) is 2.27. The zero-order valence-electron chi connectivity index (χ0n) is 14.3. The average Bonchev–Trinajstić information content (AvgIpc) is 3.05. The minimum Gasteiger partial charge on any atom is -0.497 e. The predicted octanol–water partition coefficient (Wildman–Crippen LogP) is 2.12. The van der Waals surface area contributed by atoms with Gasteiger partial charge in [-0.1, -0.05) is 6.07 Å². The fraction of sp³-hybridized carbons (Fsp3) is 0.412. The van der Waals surface area contributed by atoms with Crippen LogP contribution in [0.1, 0.15) is 11.9 Å². The maximum absolute atomic E-state index is 12.8. The third-order valence-corrected chi connectivity index (χ3v) is 5.10. The Morgan fingerprint density at radius 3 is 3.04 bits per heavy atom. The molecule has 1 aliphatic heterocycles. The lowest BCUT2D eigenvalue weighted by Gasteiger charge is -2.35. The minimum atomic E-state index is -0.0165. The van der Waals surface area contributed by atoms with Gasteiger partial charge in [0.15, 0.2) is 0 Å². The van der Waals surface area contributed by atoms with E-state index in [4.69, 9.17) is 4.74 Å². The summed E-state index contributed by atoms with van der Waals surface area (Å²) in [5.41, 5.74) is 0. The van der Waals surface area contributed by atoms with E-state index in [-0.39, 0.29) is 24.4 Å². The van der Waals surface area contributed by atoms with Crippen molar-refractivity contribution in [2.75, 3.05) is 32.5 Å². The van der Waals surface area contributed by atoms with E-state index in [1.54, 1.807) is 13.3 Å². The zero-order valence-corrected chi connectivity index (χ0v) is 16.0. The number of amides is 1. The smallest absolute Gasteiger partial charge is 0.233 e. The van der Waals surface area contributed by atoms with E-state index < -0.39 is 0 Å². The molecular weight excluding hydrogens is 360 g/mol. The molecule has 1 atom stereocenters. The van der Waals surface area contributed by atoms with Crippen molar-refractivity contribution in [3.8, 4) is 5.75 Å². The van der Waals surface area contributed by atoms with E-state index in [0.717, 1.165) is 29.6 Å². The number of aromatic nitrogens is 2. The van der Waals surface area contributed by atoms with Gasteiger partial charge in [0, 0.05) is 44.0 Å². The summed E-state index contributed by atoms with van der Waals surface area (Å²) in [6.45, 7) is 2.26. The lowest BCUT2D eigenvalue weighted by Crippen LogP contribution is -2.50. The highest BCUT2D eigenvalue weighted by Gasteiger charge is 2.30. The van der Waals surface area contributed by atoms with E-state index >= 15 is 0 Å². The lowest BCUT2D eigenvalue weighted by atomic mass is 10.1. The Bertz CT molecular complexity index is 709. The van der Waals surface area contributed by atoms with E-state index in [2.05, 4.69) is 10.3 Å². The number of hydrogen-bond donors (Lipinski definition) is 1. The number of nitrogens with zero attached hydrogens (tertiary/aromatic N) is 3. The standard InChI is InChI=1S/C17H22N4O2S.ClH/c1-20-8-7-19-17(20)15-11-18-6-9-21(15)16(22)12-24-14-5-3-4-13(10-14)23-2;/h3-5,7-8,10,15,18H,6,9,11-12H2,1-2H3;1H. The Morgan fingerprint density at radius 2 is 2.32 bits per heavy atom. The van der Waals surface area contributed by atoms with Crippen molar-refractivity contribution in [2.24, 2.45) is 7.05 Å². The molecule has 1 unspecified atom stereocenters. The molecule has 1 fully saturated rings. The van der Waals surface area contributed by atoms with E-state index in [1.165, 1.54) is 11.8 Å². The van der Waals surface area contributed by atoms with Crippen LogP contribution in [0.5, 0.6) is 5.75 Å². The number of carbonyl (C=O) groups is 1. The van der Waals surface area contributed by atoms with Gasteiger partial charge in [0.05, 0.1) is 12.9 Å². The van der Waals surface area contributed by atoms with Crippen molar-refractivity contribution >= 4 is 30.1 Å². The molecule has 0 bridgehead atoms. The normalized spacial score (nSPS) is 17.0. The van der Waals surface area contributed by atoms with Crippen LogP contribution in [0.4, 0.5) is 0 Å². The molecule has 1 saturated heterocycles. The van der Waals surface area contributed by atoms with Gasteiger partial charge in [0.2, 0.25) is 5.91 Å². The molecule has 0 saturated carbocycles. The molecule has 8 heteroatoms. The summed E-state index contributed by atoms with van der Waals surface area (Å²) in [5, 5.41) is 3.35. The number of ether oxygens (including phenoxy) is 1. The summed E-state index contributed by atoms with van der Waals surface area (Å²) in [6.07, 6.45) is 3.69. The first-order chi connectivity index (χ1) is 11.7. The van der Waals surface area contributed by atoms with Crippen LogP contribution in [0.2, 0.25) is 0 Å². The van der Waals surface area contributed by atoms with Crippen molar-refractivity contribution < 1.29 is 9.53 Å². The minimum absolute atomic E-state index is 0. The van der Waals surface area contributed by atoms with Gasteiger partial charge >= 0.3 is 0 Å². The van der Waals surface area contributed by atoms with Gasteiger partial charge in [0.25, 0.3) is 0 Å². The number of carbonyl (C=O) groups excluding carboxylic acids is 1. The molecule has 1 aromatic carbocycles. The second-order valence-corrected chi connectivity index (χ2v) is 6.72. The summed E-state index contributed by atoms with van der Waals surface area (Å²) >= 11 is 1.54. The van der Waals surface area contributed by atoms with Crippen LogP contribution in [0.25, 0.3) is 0 Å². The first kappa shape index (κ1) is 19.6. The number of piperazine rings is 1. The predicted molar refractivity (Wildman–Crippen MR) is 101 cm³/mol. The number of methoxy groups -OCH3 is 1. The zero-order chi connectivity index (χ0) is 16.9. The van der Waals surface area contributed by atoms with Gasteiger partial charge in [0.1, 0.15) is 17.6 Å². The third kappa shape index (κ3) is 4.68. The number of halogens is 1. The van der Waals surface area contributed by atoms with E-state index in [0.29, 0.717) is 12.3 Å². The number of thioether (sulfide) groups is 1. The van der Waals surface area contributed by atoms with Crippen molar-refractivity contribution in [1.82, 2.24) is 19.8 Å². The topological polar surface area (TPSA) is 59.4 Å². The number of nitrogens with one attached hydrogen (secondary N) is 1. The lowest BCUT2D eigenvalue weighted by molar-refractivity contribution is -0.131. The molecule has 2 heterocycles. The molecule has 1 amide bonds. The molecule has 2 aromatic rings. The van der Waals surface area contributed by atoms with Gasteiger partial charge in [-0.2, -0.15) is 0 Å². The Kier molecular flexibility index (Phi) is 7.16. The number of imidazole rings is 1. The number of rotatable bonds is 5. The molecule has 25 heavy (non-hydrogen) atoms. The molecule has 3 rings (SSSR count). The quantitative estimate of drug-likeness (QED) is 0.802. The molecule has 0 aliphatic carbocycles. The Morgan fingerprint density at radius 1 is 1.48 bits per heavy atom. The number of aryl methyl sites for hydroxylation is 1. The molecule has 0 spiro atoms. The molecule has 1 N–H and O–H groups in total. The molecule has 136 valence electrons. The summed E-state index contributed by atoms with van der Waals surface area (Å²) in [6, 6.07) is 7.77. The summed E-state index contributed by atoms with van der Waals surface area (Å²) in [7, 11) is 3.61. The fourth-order valence-corrected chi connectivity index (χ4v) is 3.68. The van der Waals surface area contributed by atoms with Crippen LogP contribution in [-0.4, -0.2) is 52.9 Å². The Balaban J connectivity index is 0.00000225. The second-order valence-electron chi connectivity index (χ2n) is 5.67. The first-order valence-corrected chi connectivity index (χ1v) is 8.92. The van der Waals surface area contributed by atoms with Gasteiger partial charge in [-0.15, -0.1) is 24.2 Å². The highest BCUT2D eigenvalue weighted by atomic mass is 35.5. The van der Waals surface area contributed by atoms with Gasteiger partial charge in [-0.25, -0.2) is 4.98 Å². The van der Waals surface area contributed by atoms with Crippen LogP contribution in [-0.2, 0) is 11.8 Å². The van der Waals surface area contributed by atoms with E-state index in [1.807, 2.05) is 47.0 Å². The maximum atomic E-state index is 12.8. The van der Waals surface area contributed by atoms with Crippen LogP contribution >= 0.6 is 24.2 Å². The highest BCUT2D eigenvalue weighted by Crippen LogP contribution is 2.26. The highest BCUT2D eigenvalue weighted by molar-refractivity contribution is 8.00. The SMILES string of the molecule is COc1cccc(SCC(=O)N2CCNCC2c2nccn2C)c1.Cl. The van der Waals surface area contributed by atoms with Crippen LogP contribution in [0, 0.1) is 0 Å². The Hall–Kier alpha value is -1.70. The maximum Gasteiger partial charge on any atom is 0.233 e.